The van der Waals surface area contributed by atoms with Gasteiger partial charge >= 0.3 is 6.18 Å². The summed E-state index contributed by atoms with van der Waals surface area (Å²) in [6.07, 6.45) is -2.18. The highest BCUT2D eigenvalue weighted by Crippen LogP contribution is 2.29. The molecule has 0 saturated carbocycles. The van der Waals surface area contributed by atoms with Crippen LogP contribution in [0.4, 0.5) is 13.2 Å². The highest BCUT2D eigenvalue weighted by molar-refractivity contribution is 6.33. The lowest BCUT2D eigenvalue weighted by molar-refractivity contribution is -0.141. The minimum absolute atomic E-state index is 0.106. The number of aromatic nitrogens is 4. The van der Waals surface area contributed by atoms with Crippen molar-refractivity contribution in [3.8, 4) is 11.3 Å². The van der Waals surface area contributed by atoms with Crippen LogP contribution in [0.25, 0.3) is 16.9 Å². The molecule has 3 heterocycles. The summed E-state index contributed by atoms with van der Waals surface area (Å²) in [5, 5.41) is 4.83. The molecule has 5 nitrogen and oxygen atoms in total. The van der Waals surface area contributed by atoms with Crippen molar-refractivity contribution in [2.24, 2.45) is 0 Å². The molecule has 0 atom stereocenters. The van der Waals surface area contributed by atoms with Gasteiger partial charge in [0.15, 0.2) is 11.4 Å². The number of pyridine rings is 1. The number of ketones is 1. The lowest BCUT2D eigenvalue weighted by Crippen LogP contribution is -2.12. The Morgan fingerprint density at radius 2 is 1.86 bits per heavy atom. The molecule has 4 rings (SSSR count). The van der Waals surface area contributed by atoms with Crippen LogP contribution in [0.3, 0.4) is 0 Å². The Morgan fingerprint density at radius 3 is 2.62 bits per heavy atom. The SMILES string of the molecule is O=C(Cc1ccnc(C(F)(F)F)c1)c1ccc2ncc(-c3ccccc3Cl)n2n1. The maximum atomic E-state index is 12.8. The van der Waals surface area contributed by atoms with Crippen LogP contribution in [0.5, 0.6) is 0 Å². The fourth-order valence-electron chi connectivity index (χ4n) is 2.89. The first-order valence-electron chi connectivity index (χ1n) is 8.48. The van der Waals surface area contributed by atoms with E-state index in [2.05, 4.69) is 15.1 Å². The molecule has 1 aromatic carbocycles. The average Bonchev–Trinajstić information content (AvgIpc) is 3.11. The van der Waals surface area contributed by atoms with E-state index in [1.165, 1.54) is 16.6 Å². The molecular formula is C20H12ClF3N4O. The maximum absolute atomic E-state index is 12.8. The highest BCUT2D eigenvalue weighted by atomic mass is 35.5. The van der Waals surface area contributed by atoms with E-state index in [9.17, 15) is 18.0 Å². The molecule has 9 heteroatoms. The molecule has 0 N–H and O–H groups in total. The normalized spacial score (nSPS) is 11.7. The average molecular weight is 417 g/mol. The minimum Gasteiger partial charge on any atom is -0.292 e. The summed E-state index contributed by atoms with van der Waals surface area (Å²) in [7, 11) is 0. The van der Waals surface area contributed by atoms with E-state index in [0.717, 1.165) is 12.3 Å². The first-order valence-corrected chi connectivity index (χ1v) is 8.86. The molecule has 0 bridgehead atoms. The Hall–Kier alpha value is -3.26. The number of Topliss-reactive ketones (excluding diaryl/α,β-unsaturated/α-hetero) is 1. The topological polar surface area (TPSA) is 60.2 Å². The van der Waals surface area contributed by atoms with Gasteiger partial charge in [-0.3, -0.25) is 9.78 Å². The van der Waals surface area contributed by atoms with E-state index in [4.69, 9.17) is 11.6 Å². The van der Waals surface area contributed by atoms with E-state index in [1.807, 2.05) is 6.07 Å². The summed E-state index contributed by atoms with van der Waals surface area (Å²) < 4.78 is 40.0. The molecule has 0 aliphatic rings. The Morgan fingerprint density at radius 1 is 1.07 bits per heavy atom. The van der Waals surface area contributed by atoms with Crippen LogP contribution < -0.4 is 0 Å². The summed E-state index contributed by atoms with van der Waals surface area (Å²) in [4.78, 5) is 20.2. The third-order valence-electron chi connectivity index (χ3n) is 4.28. The van der Waals surface area contributed by atoms with Crippen molar-refractivity contribution in [1.82, 2.24) is 19.6 Å². The summed E-state index contributed by atoms with van der Waals surface area (Å²) in [5.74, 6) is -0.426. The van der Waals surface area contributed by atoms with Gasteiger partial charge in [0.05, 0.1) is 16.9 Å². The number of hydrogen-bond donors (Lipinski definition) is 0. The molecule has 0 amide bonds. The van der Waals surface area contributed by atoms with Crippen molar-refractivity contribution < 1.29 is 18.0 Å². The fraction of sp³-hybridized carbons (Fsp3) is 0.100. The molecule has 0 aliphatic heterocycles. The molecule has 4 aromatic rings. The number of hydrogen-bond acceptors (Lipinski definition) is 4. The van der Waals surface area contributed by atoms with Crippen molar-refractivity contribution in [1.29, 1.82) is 0 Å². The van der Waals surface area contributed by atoms with E-state index in [0.29, 0.717) is 21.9 Å². The molecule has 0 unspecified atom stereocenters. The number of fused-ring (bicyclic) bond motifs is 1. The summed E-state index contributed by atoms with van der Waals surface area (Å²) >= 11 is 6.24. The van der Waals surface area contributed by atoms with Crippen LogP contribution in [0, 0.1) is 0 Å². The Kier molecular flexibility index (Phi) is 4.79. The molecule has 146 valence electrons. The van der Waals surface area contributed by atoms with E-state index < -0.39 is 17.7 Å². The van der Waals surface area contributed by atoms with Crippen molar-refractivity contribution in [3.63, 3.8) is 0 Å². The van der Waals surface area contributed by atoms with Crippen molar-refractivity contribution >= 4 is 23.0 Å². The van der Waals surface area contributed by atoms with Gasteiger partial charge in [-0.1, -0.05) is 29.8 Å². The predicted octanol–water partition coefficient (Wildman–Crippen LogP) is 4.89. The molecular weight excluding hydrogens is 405 g/mol. The lowest BCUT2D eigenvalue weighted by atomic mass is 10.1. The summed E-state index contributed by atoms with van der Waals surface area (Å²) in [6, 6.07) is 12.5. The van der Waals surface area contributed by atoms with Crippen molar-refractivity contribution in [2.75, 3.05) is 0 Å². The number of halogens is 4. The second-order valence-corrected chi connectivity index (χ2v) is 6.67. The minimum atomic E-state index is -4.57. The maximum Gasteiger partial charge on any atom is 0.433 e. The number of carbonyl (C=O) groups excluding carboxylic acids is 1. The van der Waals surface area contributed by atoms with Crippen LogP contribution in [0.2, 0.25) is 5.02 Å². The van der Waals surface area contributed by atoms with Crippen LogP contribution >= 0.6 is 11.6 Å². The third-order valence-corrected chi connectivity index (χ3v) is 4.61. The highest BCUT2D eigenvalue weighted by Gasteiger charge is 2.32. The standard InChI is InChI=1S/C20H12ClF3N4O/c21-14-4-2-1-3-13(14)16-11-26-19-6-5-15(27-28(16)19)17(29)9-12-7-8-25-18(10-12)20(22,23)24/h1-8,10-11H,9H2. The number of alkyl halides is 3. The molecule has 0 radical (unpaired) electrons. The predicted molar refractivity (Wildman–Crippen MR) is 101 cm³/mol. The van der Waals surface area contributed by atoms with Gasteiger partial charge < -0.3 is 0 Å². The summed E-state index contributed by atoms with van der Waals surface area (Å²) in [5.41, 5.74) is 1.08. The third kappa shape index (κ3) is 3.84. The molecule has 3 aromatic heterocycles. The van der Waals surface area contributed by atoms with Crippen LogP contribution in [0.1, 0.15) is 21.7 Å². The Labute approximate surface area is 167 Å². The summed E-state index contributed by atoms with van der Waals surface area (Å²) in [6.45, 7) is 0. The van der Waals surface area contributed by atoms with Crippen molar-refractivity contribution in [2.45, 2.75) is 12.6 Å². The number of rotatable bonds is 4. The number of nitrogens with zero attached hydrogens (tertiary/aromatic N) is 4. The van der Waals surface area contributed by atoms with Crippen LogP contribution in [-0.4, -0.2) is 25.4 Å². The van der Waals surface area contributed by atoms with E-state index >= 15 is 0 Å². The Balaban J connectivity index is 1.67. The Bertz CT molecular complexity index is 1220. The zero-order valence-corrected chi connectivity index (χ0v) is 15.4. The van der Waals surface area contributed by atoms with Crippen LogP contribution in [0.15, 0.2) is 60.9 Å². The lowest BCUT2D eigenvalue weighted by Gasteiger charge is -2.08. The van der Waals surface area contributed by atoms with Gasteiger partial charge in [-0.05, 0) is 35.9 Å². The molecule has 0 aliphatic carbocycles. The molecule has 0 saturated heterocycles. The van der Waals surface area contributed by atoms with E-state index in [-0.39, 0.29) is 17.7 Å². The molecule has 29 heavy (non-hydrogen) atoms. The number of imidazole rings is 1. The van der Waals surface area contributed by atoms with Gasteiger partial charge in [0.1, 0.15) is 11.4 Å². The second-order valence-electron chi connectivity index (χ2n) is 6.26. The first-order chi connectivity index (χ1) is 13.8. The van der Waals surface area contributed by atoms with Gasteiger partial charge in [0.2, 0.25) is 0 Å². The largest absolute Gasteiger partial charge is 0.433 e. The van der Waals surface area contributed by atoms with Crippen LogP contribution in [-0.2, 0) is 12.6 Å². The monoisotopic (exact) mass is 416 g/mol. The smallest absolute Gasteiger partial charge is 0.292 e. The quantitative estimate of drug-likeness (QED) is 0.444. The number of carbonyl (C=O) groups is 1. The zero-order chi connectivity index (χ0) is 20.6. The van der Waals surface area contributed by atoms with E-state index in [1.54, 1.807) is 30.5 Å². The van der Waals surface area contributed by atoms with Crippen molar-refractivity contribution in [3.05, 3.63) is 82.9 Å². The fourth-order valence-corrected chi connectivity index (χ4v) is 3.12. The molecule has 0 spiro atoms. The van der Waals surface area contributed by atoms with Gasteiger partial charge in [-0.2, -0.15) is 18.3 Å². The van der Waals surface area contributed by atoms with Gasteiger partial charge in [0.25, 0.3) is 0 Å². The number of benzene rings is 1. The first kappa shape index (κ1) is 19.1. The molecule has 0 fully saturated rings. The van der Waals surface area contributed by atoms with Gasteiger partial charge in [-0.25, -0.2) is 9.50 Å². The zero-order valence-electron chi connectivity index (χ0n) is 14.7. The second kappa shape index (κ2) is 7.29. The van der Waals surface area contributed by atoms with Gasteiger partial charge in [-0.15, -0.1) is 0 Å². The van der Waals surface area contributed by atoms with Gasteiger partial charge in [0, 0.05) is 18.2 Å².